The van der Waals surface area contributed by atoms with Crippen LogP contribution in [0.15, 0.2) is 0 Å². The minimum Gasteiger partial charge on any atom is -0.379 e. The number of nitrogens with zero attached hydrogens (tertiary/aromatic N) is 6. The molecule has 334 valence electrons. The van der Waals surface area contributed by atoms with Crippen LogP contribution in [0.1, 0.15) is 115 Å². The summed E-state index contributed by atoms with van der Waals surface area (Å²) in [5.41, 5.74) is 0. The lowest BCUT2D eigenvalue weighted by Crippen LogP contribution is -2.46. The summed E-state index contributed by atoms with van der Waals surface area (Å²) in [5.74, 6) is 2.66. The van der Waals surface area contributed by atoms with Gasteiger partial charge in [-0.2, -0.15) is 11.8 Å². The van der Waals surface area contributed by atoms with Gasteiger partial charge in [0.25, 0.3) is 0 Å². The number of fused-ring (bicyclic) bond motifs is 2. The Labute approximate surface area is 353 Å². The standard InChI is InChI=1S/C8H16N2.C8H18N2.C8H17N.C7H16N2.C7H15NO.C7H15NS/c1-6(2)10-5-7-3-8(10)4-9-7;1-8(2)10-6-3-4-9-5-7-10;1-8(2)9-6-4-3-5-7-9;1-7(2)9-5-3-8-4-6-9;2*1-7(2)8-3-5-9-6-4-8/h6-9H,3-5H2,1-2H3;8-9H,3-7H2,1-2H3;8H,3-7H2,1-2H3;7-8H,3-6H2,1-2H3;2*7H,3-6H2,1-2H3. The summed E-state index contributed by atoms with van der Waals surface area (Å²) in [5, 5.41) is 10.2. The Morgan fingerprint density at radius 3 is 1.27 bits per heavy atom. The predicted octanol–water partition coefficient (Wildman–Crippen LogP) is 5.48. The Morgan fingerprint density at radius 2 is 0.893 bits per heavy atom. The molecule has 56 heavy (non-hydrogen) atoms. The van der Waals surface area contributed by atoms with E-state index >= 15 is 0 Å². The quantitative estimate of drug-likeness (QED) is 0.320. The fraction of sp³-hybridized carbons (Fsp3) is 1.00. The minimum absolute atomic E-state index is 0.689. The number of hydrogen-bond donors (Lipinski definition) is 3. The van der Waals surface area contributed by atoms with E-state index in [1.165, 1.54) is 116 Å². The van der Waals surface area contributed by atoms with Crippen molar-refractivity contribution in [3.05, 3.63) is 0 Å². The lowest BCUT2D eigenvalue weighted by Gasteiger charge is -2.30. The van der Waals surface area contributed by atoms with Gasteiger partial charge >= 0.3 is 0 Å². The number of morpholine rings is 1. The van der Waals surface area contributed by atoms with Crippen molar-refractivity contribution >= 4 is 11.8 Å². The van der Waals surface area contributed by atoms with E-state index < -0.39 is 0 Å². The fourth-order valence-electron chi connectivity index (χ4n) is 8.43. The molecule has 0 aromatic heterocycles. The number of thioether (sulfide) groups is 1. The molecule has 0 amide bonds. The molecule has 0 spiro atoms. The van der Waals surface area contributed by atoms with Crippen molar-refractivity contribution < 1.29 is 4.74 Å². The first-order valence-corrected chi connectivity index (χ1v) is 24.7. The number of likely N-dealkylation sites (tertiary alicyclic amines) is 2. The van der Waals surface area contributed by atoms with Crippen LogP contribution < -0.4 is 16.0 Å². The first-order valence-electron chi connectivity index (χ1n) is 23.6. The highest BCUT2D eigenvalue weighted by atomic mass is 32.2. The molecule has 0 aromatic rings. The van der Waals surface area contributed by atoms with Crippen molar-refractivity contribution in [1.82, 2.24) is 45.3 Å². The van der Waals surface area contributed by atoms with Gasteiger partial charge in [0, 0.05) is 138 Å². The molecule has 3 N–H and O–H groups in total. The molecule has 0 radical (unpaired) electrons. The van der Waals surface area contributed by atoms with Crippen LogP contribution >= 0.6 is 11.8 Å². The summed E-state index contributed by atoms with van der Waals surface area (Å²) >= 11 is 2.07. The lowest BCUT2D eigenvalue weighted by molar-refractivity contribution is 0.0238. The Balaban J connectivity index is 0.000000232. The van der Waals surface area contributed by atoms with Gasteiger partial charge in [0.15, 0.2) is 0 Å². The largest absolute Gasteiger partial charge is 0.379 e. The number of nitrogens with one attached hydrogen (secondary N) is 3. The second-order valence-electron chi connectivity index (χ2n) is 18.6. The van der Waals surface area contributed by atoms with Crippen molar-refractivity contribution in [2.75, 3.05) is 129 Å². The van der Waals surface area contributed by atoms with Crippen LogP contribution in [-0.4, -0.2) is 207 Å². The second-order valence-corrected chi connectivity index (χ2v) is 19.8. The van der Waals surface area contributed by atoms with Gasteiger partial charge in [0.05, 0.1) is 13.2 Å². The molecule has 0 aromatic carbocycles. The molecule has 7 fully saturated rings. The molecule has 7 rings (SSSR count). The molecule has 7 aliphatic rings. The van der Waals surface area contributed by atoms with Crippen LogP contribution in [0.2, 0.25) is 0 Å². The Hall–Kier alpha value is -0.0500. The highest BCUT2D eigenvalue weighted by Crippen LogP contribution is 2.24. The van der Waals surface area contributed by atoms with Gasteiger partial charge in [-0.15, -0.1) is 0 Å². The maximum Gasteiger partial charge on any atom is 0.0594 e. The third kappa shape index (κ3) is 22.5. The maximum absolute atomic E-state index is 5.21. The van der Waals surface area contributed by atoms with Crippen molar-refractivity contribution in [2.24, 2.45) is 0 Å². The molecule has 2 unspecified atom stereocenters. The van der Waals surface area contributed by atoms with Crippen LogP contribution in [0, 0.1) is 0 Å². The number of piperazine rings is 2. The zero-order chi connectivity index (χ0) is 41.3. The van der Waals surface area contributed by atoms with E-state index in [1.54, 1.807) is 0 Å². The van der Waals surface area contributed by atoms with Gasteiger partial charge in [0.1, 0.15) is 0 Å². The number of rotatable bonds is 6. The molecule has 2 bridgehead atoms. The summed E-state index contributed by atoms with van der Waals surface area (Å²) in [4.78, 5) is 15.2. The fourth-order valence-corrected chi connectivity index (χ4v) is 9.36. The average molecular weight is 812 g/mol. The molecule has 0 saturated carbocycles. The van der Waals surface area contributed by atoms with Crippen LogP contribution in [-0.2, 0) is 4.74 Å². The van der Waals surface area contributed by atoms with Gasteiger partial charge in [-0.25, -0.2) is 0 Å². The maximum atomic E-state index is 5.21. The highest BCUT2D eigenvalue weighted by molar-refractivity contribution is 7.99. The molecule has 11 heteroatoms. The summed E-state index contributed by atoms with van der Waals surface area (Å²) in [6, 6.07) is 6.08. The first-order chi connectivity index (χ1) is 26.8. The lowest BCUT2D eigenvalue weighted by atomic mass is 10.1. The summed E-state index contributed by atoms with van der Waals surface area (Å²) in [6.07, 6.45) is 6.97. The van der Waals surface area contributed by atoms with Crippen LogP contribution in [0.4, 0.5) is 0 Å². The second kappa shape index (κ2) is 30.9. The van der Waals surface area contributed by atoms with E-state index in [-0.39, 0.29) is 0 Å². The van der Waals surface area contributed by atoms with Gasteiger partial charge in [-0.05, 0) is 135 Å². The van der Waals surface area contributed by atoms with E-state index in [1.807, 2.05) is 0 Å². The minimum atomic E-state index is 0.689. The van der Waals surface area contributed by atoms with Crippen molar-refractivity contribution in [3.8, 4) is 0 Å². The van der Waals surface area contributed by atoms with Crippen LogP contribution in [0.5, 0.6) is 0 Å². The normalized spacial score (nSPS) is 26.0. The van der Waals surface area contributed by atoms with Crippen LogP contribution in [0.3, 0.4) is 0 Å². The van der Waals surface area contributed by atoms with E-state index in [4.69, 9.17) is 4.74 Å². The first kappa shape index (κ1) is 52.1. The Morgan fingerprint density at radius 1 is 0.464 bits per heavy atom. The molecule has 2 atom stereocenters. The third-order valence-electron chi connectivity index (χ3n) is 12.4. The molecule has 0 aliphatic carbocycles. The molecule has 10 nitrogen and oxygen atoms in total. The van der Waals surface area contributed by atoms with E-state index in [9.17, 15) is 0 Å². The van der Waals surface area contributed by atoms with Crippen molar-refractivity contribution in [3.63, 3.8) is 0 Å². The topological polar surface area (TPSA) is 64.8 Å². The van der Waals surface area contributed by atoms with Crippen LogP contribution in [0.25, 0.3) is 0 Å². The monoisotopic (exact) mass is 812 g/mol. The molecule has 7 heterocycles. The Bertz CT molecular complexity index is 806. The van der Waals surface area contributed by atoms with Gasteiger partial charge in [-0.3, -0.25) is 24.5 Å². The third-order valence-corrected chi connectivity index (χ3v) is 13.4. The van der Waals surface area contributed by atoms with Gasteiger partial charge < -0.3 is 25.6 Å². The summed E-state index contributed by atoms with van der Waals surface area (Å²) < 4.78 is 5.21. The van der Waals surface area contributed by atoms with Crippen molar-refractivity contribution in [1.29, 1.82) is 0 Å². The summed E-state index contributed by atoms with van der Waals surface area (Å²) in [7, 11) is 0. The molecule has 7 aliphatic heterocycles. The number of piperidine rings is 1. The van der Waals surface area contributed by atoms with Gasteiger partial charge in [0.2, 0.25) is 0 Å². The predicted molar refractivity (Wildman–Crippen MR) is 248 cm³/mol. The SMILES string of the molecule is CC(C)N1CC2CC1CN2.CC(C)N1CCCCC1.CC(C)N1CCCNCC1.CC(C)N1CCNCC1.CC(C)N1CCOCC1.CC(C)N1CCSCC1. The number of ether oxygens (including phenoxy) is 1. The van der Waals surface area contributed by atoms with E-state index in [2.05, 4.69) is 140 Å². The molecule has 7 saturated heterocycles. The molecular weight excluding hydrogens is 715 g/mol. The average Bonchev–Trinajstić information content (AvgIpc) is 3.75. The van der Waals surface area contributed by atoms with E-state index in [0.29, 0.717) is 6.04 Å². The summed E-state index contributed by atoms with van der Waals surface area (Å²) in [6.45, 7) is 48.6. The van der Waals surface area contributed by atoms with Gasteiger partial charge in [-0.1, -0.05) is 6.42 Å². The van der Waals surface area contributed by atoms with Crippen molar-refractivity contribution in [2.45, 2.75) is 164 Å². The Kier molecular flexibility index (Phi) is 28.7. The zero-order valence-corrected chi connectivity index (χ0v) is 40.1. The molecular formula is C45H97N9OS. The smallest absolute Gasteiger partial charge is 0.0594 e. The number of hydrogen-bond acceptors (Lipinski definition) is 11. The zero-order valence-electron chi connectivity index (χ0n) is 39.3. The van der Waals surface area contributed by atoms with E-state index in [0.717, 1.165) is 88.2 Å². The highest BCUT2D eigenvalue weighted by Gasteiger charge is 2.38.